The molecule has 2 rings (SSSR count). The third-order valence-corrected chi connectivity index (χ3v) is 2.78. The average Bonchev–Trinajstić information content (AvgIpc) is 2.28. The molecule has 1 saturated carbocycles. The van der Waals surface area contributed by atoms with Crippen molar-refractivity contribution in [3.05, 3.63) is 23.8 Å². The molecule has 6 heteroatoms. The van der Waals surface area contributed by atoms with Crippen molar-refractivity contribution in [2.45, 2.75) is 24.9 Å². The number of esters is 1. The van der Waals surface area contributed by atoms with Gasteiger partial charge in [0, 0.05) is 12.8 Å². The molecule has 1 aliphatic rings. The summed E-state index contributed by atoms with van der Waals surface area (Å²) in [7, 11) is 1.26. The maximum absolute atomic E-state index is 12.6. The van der Waals surface area contributed by atoms with Crippen LogP contribution in [0.5, 0.6) is 5.75 Å². The van der Waals surface area contributed by atoms with Crippen LogP contribution in [0.4, 0.5) is 14.5 Å². The topological polar surface area (TPSA) is 61.5 Å². The number of hydrogen-bond acceptors (Lipinski definition) is 4. The summed E-state index contributed by atoms with van der Waals surface area (Å²) in [5.41, 5.74) is 6.21. The molecule has 0 aromatic heterocycles. The van der Waals surface area contributed by atoms with Gasteiger partial charge in [-0.2, -0.15) is 0 Å². The van der Waals surface area contributed by atoms with Crippen LogP contribution in [0, 0.1) is 0 Å². The lowest BCUT2D eigenvalue weighted by atomic mass is 9.91. The molecule has 0 aliphatic heterocycles. The van der Waals surface area contributed by atoms with E-state index in [-0.39, 0.29) is 18.5 Å². The van der Waals surface area contributed by atoms with Crippen molar-refractivity contribution in [1.29, 1.82) is 0 Å². The Labute approximate surface area is 103 Å². The highest BCUT2D eigenvalue weighted by Gasteiger charge is 2.47. The zero-order valence-electron chi connectivity index (χ0n) is 9.78. The minimum Gasteiger partial charge on any atom is -0.488 e. The SMILES string of the molecule is COC(=O)c1ccc(OC2CC(F)(F)C2)c(N)c1. The van der Waals surface area contributed by atoms with E-state index in [0.717, 1.165) is 0 Å². The third-order valence-electron chi connectivity index (χ3n) is 2.78. The highest BCUT2D eigenvalue weighted by atomic mass is 19.3. The second-order valence-electron chi connectivity index (χ2n) is 4.25. The largest absolute Gasteiger partial charge is 0.488 e. The van der Waals surface area contributed by atoms with E-state index >= 15 is 0 Å². The van der Waals surface area contributed by atoms with Gasteiger partial charge in [-0.3, -0.25) is 0 Å². The van der Waals surface area contributed by atoms with Crippen LogP contribution in [0.3, 0.4) is 0 Å². The molecule has 0 unspecified atom stereocenters. The summed E-state index contributed by atoms with van der Waals surface area (Å²) in [5.74, 6) is -2.84. The first-order chi connectivity index (χ1) is 8.41. The van der Waals surface area contributed by atoms with Crippen molar-refractivity contribution in [3.8, 4) is 5.75 Å². The quantitative estimate of drug-likeness (QED) is 0.666. The van der Waals surface area contributed by atoms with Gasteiger partial charge in [-0.25, -0.2) is 13.6 Å². The van der Waals surface area contributed by atoms with Gasteiger partial charge in [0.05, 0.1) is 18.4 Å². The summed E-state index contributed by atoms with van der Waals surface area (Å²) in [5, 5.41) is 0. The van der Waals surface area contributed by atoms with Crippen LogP contribution in [-0.2, 0) is 4.74 Å². The number of benzene rings is 1. The molecule has 1 aromatic rings. The summed E-state index contributed by atoms with van der Waals surface area (Å²) in [6, 6.07) is 4.37. The zero-order chi connectivity index (χ0) is 13.3. The molecule has 0 heterocycles. The maximum Gasteiger partial charge on any atom is 0.337 e. The Morgan fingerprint density at radius 1 is 1.44 bits per heavy atom. The second kappa shape index (κ2) is 4.44. The number of ether oxygens (including phenoxy) is 2. The highest BCUT2D eigenvalue weighted by Crippen LogP contribution is 2.40. The van der Waals surface area contributed by atoms with Crippen LogP contribution >= 0.6 is 0 Å². The van der Waals surface area contributed by atoms with Crippen molar-refractivity contribution < 1.29 is 23.0 Å². The van der Waals surface area contributed by atoms with E-state index in [4.69, 9.17) is 10.5 Å². The Bertz CT molecular complexity index is 468. The number of hydrogen-bond donors (Lipinski definition) is 1. The molecule has 2 N–H and O–H groups in total. The monoisotopic (exact) mass is 257 g/mol. The van der Waals surface area contributed by atoms with Gasteiger partial charge in [0.15, 0.2) is 0 Å². The minimum absolute atomic E-state index is 0.230. The van der Waals surface area contributed by atoms with Crippen LogP contribution in [0.1, 0.15) is 23.2 Å². The number of methoxy groups -OCH3 is 1. The first-order valence-electron chi connectivity index (χ1n) is 5.43. The van der Waals surface area contributed by atoms with Crippen LogP contribution < -0.4 is 10.5 Å². The molecular weight excluding hydrogens is 244 g/mol. The van der Waals surface area contributed by atoms with Gasteiger partial charge in [-0.05, 0) is 18.2 Å². The van der Waals surface area contributed by atoms with Gasteiger partial charge < -0.3 is 15.2 Å². The summed E-state index contributed by atoms with van der Waals surface area (Å²) < 4.78 is 35.1. The predicted octanol–water partition coefficient (Wildman–Crippen LogP) is 2.23. The number of rotatable bonds is 3. The molecule has 1 aliphatic carbocycles. The maximum atomic E-state index is 12.6. The summed E-state index contributed by atoms with van der Waals surface area (Å²) in [6.45, 7) is 0. The van der Waals surface area contributed by atoms with Gasteiger partial charge in [0.25, 0.3) is 5.92 Å². The lowest BCUT2D eigenvalue weighted by Crippen LogP contribution is -2.43. The lowest BCUT2D eigenvalue weighted by molar-refractivity contribution is -0.134. The summed E-state index contributed by atoms with van der Waals surface area (Å²) in [4.78, 5) is 11.2. The predicted molar refractivity (Wildman–Crippen MR) is 60.8 cm³/mol. The number of nitrogen functional groups attached to an aromatic ring is 1. The molecule has 0 bridgehead atoms. The van der Waals surface area contributed by atoms with Gasteiger partial charge in [-0.1, -0.05) is 0 Å². The van der Waals surface area contributed by atoms with E-state index in [9.17, 15) is 13.6 Å². The number of carbonyl (C=O) groups is 1. The van der Waals surface area contributed by atoms with E-state index in [1.165, 1.54) is 25.3 Å². The Morgan fingerprint density at radius 2 is 2.11 bits per heavy atom. The molecule has 1 aromatic carbocycles. The molecule has 98 valence electrons. The molecule has 0 saturated heterocycles. The van der Waals surface area contributed by atoms with E-state index in [2.05, 4.69) is 4.74 Å². The van der Waals surface area contributed by atoms with Crippen molar-refractivity contribution in [2.75, 3.05) is 12.8 Å². The number of alkyl halides is 2. The average molecular weight is 257 g/mol. The molecule has 0 atom stereocenters. The van der Waals surface area contributed by atoms with E-state index in [0.29, 0.717) is 11.3 Å². The minimum atomic E-state index is -2.63. The number of anilines is 1. The number of halogens is 2. The van der Waals surface area contributed by atoms with Crippen LogP contribution in [-0.4, -0.2) is 25.1 Å². The van der Waals surface area contributed by atoms with Crippen LogP contribution in [0.2, 0.25) is 0 Å². The smallest absolute Gasteiger partial charge is 0.337 e. The molecule has 1 fully saturated rings. The van der Waals surface area contributed by atoms with E-state index < -0.39 is 18.0 Å². The van der Waals surface area contributed by atoms with Gasteiger partial charge in [-0.15, -0.1) is 0 Å². The molecule has 0 radical (unpaired) electrons. The van der Waals surface area contributed by atoms with E-state index in [1.807, 2.05) is 0 Å². The summed E-state index contributed by atoms with van der Waals surface area (Å²) in [6.07, 6.45) is -1.12. The Kier molecular flexibility index (Phi) is 3.11. The molecule has 0 spiro atoms. The van der Waals surface area contributed by atoms with Crippen molar-refractivity contribution in [1.82, 2.24) is 0 Å². The Morgan fingerprint density at radius 3 is 2.61 bits per heavy atom. The van der Waals surface area contributed by atoms with Gasteiger partial charge >= 0.3 is 5.97 Å². The van der Waals surface area contributed by atoms with Crippen molar-refractivity contribution in [3.63, 3.8) is 0 Å². The molecule has 4 nitrogen and oxygen atoms in total. The summed E-state index contributed by atoms with van der Waals surface area (Å²) >= 11 is 0. The van der Waals surface area contributed by atoms with Crippen LogP contribution in [0.25, 0.3) is 0 Å². The normalized spacial score (nSPS) is 17.9. The van der Waals surface area contributed by atoms with E-state index in [1.54, 1.807) is 0 Å². The Balaban J connectivity index is 2.04. The third kappa shape index (κ3) is 2.52. The Hall–Kier alpha value is -1.85. The molecule has 0 amide bonds. The fourth-order valence-corrected chi connectivity index (χ4v) is 1.77. The fourth-order valence-electron chi connectivity index (χ4n) is 1.77. The zero-order valence-corrected chi connectivity index (χ0v) is 9.78. The van der Waals surface area contributed by atoms with Gasteiger partial charge in [0.1, 0.15) is 11.9 Å². The lowest BCUT2D eigenvalue weighted by Gasteiger charge is -2.35. The highest BCUT2D eigenvalue weighted by molar-refractivity contribution is 5.90. The number of carbonyl (C=O) groups excluding carboxylic acids is 1. The second-order valence-corrected chi connectivity index (χ2v) is 4.25. The standard InChI is InChI=1S/C12H13F2NO3/c1-17-11(16)7-2-3-10(9(15)4-7)18-8-5-12(13,14)6-8/h2-4,8H,5-6,15H2,1H3. The first kappa shape index (κ1) is 12.6. The molecular formula is C12H13F2NO3. The van der Waals surface area contributed by atoms with Gasteiger partial charge in [0.2, 0.25) is 0 Å². The fraction of sp³-hybridized carbons (Fsp3) is 0.417. The first-order valence-corrected chi connectivity index (χ1v) is 5.43. The van der Waals surface area contributed by atoms with Crippen molar-refractivity contribution >= 4 is 11.7 Å². The van der Waals surface area contributed by atoms with Crippen molar-refractivity contribution in [2.24, 2.45) is 0 Å². The number of nitrogens with two attached hydrogens (primary N) is 1. The van der Waals surface area contributed by atoms with Crippen LogP contribution in [0.15, 0.2) is 18.2 Å². The molecule has 18 heavy (non-hydrogen) atoms.